The summed E-state index contributed by atoms with van der Waals surface area (Å²) < 4.78 is 11.4. The zero-order valence-electron chi connectivity index (χ0n) is 13.2. The van der Waals surface area contributed by atoms with Gasteiger partial charge >= 0.3 is 0 Å². The van der Waals surface area contributed by atoms with Gasteiger partial charge in [-0.25, -0.2) is 0 Å². The summed E-state index contributed by atoms with van der Waals surface area (Å²) in [5.74, 6) is 0. The van der Waals surface area contributed by atoms with Crippen molar-refractivity contribution in [2.75, 3.05) is 26.4 Å². The van der Waals surface area contributed by atoms with E-state index in [1.807, 2.05) is 0 Å². The van der Waals surface area contributed by atoms with Gasteiger partial charge in [0, 0.05) is 13.2 Å². The number of nitrogens with one attached hydrogen (secondary N) is 1. The summed E-state index contributed by atoms with van der Waals surface area (Å²) in [6, 6.07) is 8.45. The second-order valence-electron chi connectivity index (χ2n) is 6.34. The number of hydrogen-bond acceptors (Lipinski definition) is 4. The van der Waals surface area contributed by atoms with Crippen molar-refractivity contribution in [1.29, 1.82) is 0 Å². The van der Waals surface area contributed by atoms with E-state index in [2.05, 4.69) is 29.6 Å². The molecular weight excluding hydrogens is 278 g/mol. The lowest BCUT2D eigenvalue weighted by atomic mass is 9.77. The first kappa shape index (κ1) is 15.9. The average molecular weight is 305 g/mol. The average Bonchev–Trinajstić information content (AvgIpc) is 2.60. The summed E-state index contributed by atoms with van der Waals surface area (Å²) in [4.78, 5) is 0. The SMILES string of the molecule is OC[C@@]1(NCCO[C@H]2CCCCO2)CCCc2ccccc21. The van der Waals surface area contributed by atoms with Gasteiger partial charge in [0.1, 0.15) is 0 Å². The highest BCUT2D eigenvalue weighted by Gasteiger charge is 2.35. The van der Waals surface area contributed by atoms with Crippen molar-refractivity contribution < 1.29 is 14.6 Å². The molecule has 4 heteroatoms. The van der Waals surface area contributed by atoms with E-state index in [0.717, 1.165) is 45.3 Å². The highest BCUT2D eigenvalue weighted by Crippen LogP contribution is 2.34. The van der Waals surface area contributed by atoms with Crippen molar-refractivity contribution in [3.63, 3.8) is 0 Å². The van der Waals surface area contributed by atoms with E-state index < -0.39 is 0 Å². The summed E-state index contributed by atoms with van der Waals surface area (Å²) in [6.45, 7) is 2.29. The van der Waals surface area contributed by atoms with E-state index in [1.54, 1.807) is 0 Å². The van der Waals surface area contributed by atoms with Crippen LogP contribution in [0.4, 0.5) is 0 Å². The summed E-state index contributed by atoms with van der Waals surface area (Å²) in [5.41, 5.74) is 2.29. The van der Waals surface area contributed by atoms with Crippen LogP contribution in [0.15, 0.2) is 24.3 Å². The van der Waals surface area contributed by atoms with Crippen LogP contribution in [0.1, 0.15) is 43.2 Å². The summed E-state index contributed by atoms with van der Waals surface area (Å²) in [6.07, 6.45) is 6.46. The summed E-state index contributed by atoms with van der Waals surface area (Å²) in [5, 5.41) is 13.6. The fourth-order valence-corrected chi connectivity index (χ4v) is 3.65. The molecule has 0 bridgehead atoms. The smallest absolute Gasteiger partial charge is 0.157 e. The van der Waals surface area contributed by atoms with Gasteiger partial charge in [-0.3, -0.25) is 0 Å². The number of aliphatic hydroxyl groups excluding tert-OH is 1. The van der Waals surface area contributed by atoms with Gasteiger partial charge < -0.3 is 19.9 Å². The van der Waals surface area contributed by atoms with Gasteiger partial charge in [-0.1, -0.05) is 24.3 Å². The van der Waals surface area contributed by atoms with E-state index >= 15 is 0 Å². The maximum Gasteiger partial charge on any atom is 0.157 e. The van der Waals surface area contributed by atoms with Crippen LogP contribution in [0.5, 0.6) is 0 Å². The fraction of sp³-hybridized carbons (Fsp3) is 0.667. The van der Waals surface area contributed by atoms with Crippen LogP contribution in [-0.2, 0) is 21.4 Å². The van der Waals surface area contributed by atoms with E-state index in [-0.39, 0.29) is 18.4 Å². The van der Waals surface area contributed by atoms with Crippen molar-refractivity contribution in [1.82, 2.24) is 5.32 Å². The molecule has 1 fully saturated rings. The fourth-order valence-electron chi connectivity index (χ4n) is 3.65. The van der Waals surface area contributed by atoms with Crippen molar-refractivity contribution in [3.8, 4) is 0 Å². The molecule has 2 atom stereocenters. The molecule has 1 aromatic carbocycles. The Bertz CT molecular complexity index is 473. The summed E-state index contributed by atoms with van der Waals surface area (Å²) in [7, 11) is 0. The number of fused-ring (bicyclic) bond motifs is 1. The van der Waals surface area contributed by atoms with Crippen LogP contribution in [0.2, 0.25) is 0 Å². The van der Waals surface area contributed by atoms with Gasteiger partial charge in [0.15, 0.2) is 6.29 Å². The van der Waals surface area contributed by atoms with Gasteiger partial charge in [0.25, 0.3) is 0 Å². The lowest BCUT2D eigenvalue weighted by molar-refractivity contribution is -0.162. The Hall–Kier alpha value is -0.940. The van der Waals surface area contributed by atoms with Gasteiger partial charge in [-0.15, -0.1) is 0 Å². The van der Waals surface area contributed by atoms with Crippen LogP contribution < -0.4 is 5.32 Å². The van der Waals surface area contributed by atoms with Crippen LogP contribution in [-0.4, -0.2) is 37.8 Å². The van der Waals surface area contributed by atoms with E-state index in [0.29, 0.717) is 6.61 Å². The number of aryl methyl sites for hydroxylation is 1. The molecule has 0 amide bonds. The van der Waals surface area contributed by atoms with Gasteiger partial charge in [0.2, 0.25) is 0 Å². The van der Waals surface area contributed by atoms with Gasteiger partial charge in [-0.05, 0) is 49.7 Å². The van der Waals surface area contributed by atoms with Crippen molar-refractivity contribution in [2.24, 2.45) is 0 Å². The third kappa shape index (κ3) is 3.51. The van der Waals surface area contributed by atoms with Crippen LogP contribution >= 0.6 is 0 Å². The quantitative estimate of drug-likeness (QED) is 0.792. The van der Waals surface area contributed by atoms with E-state index in [9.17, 15) is 5.11 Å². The molecular formula is C18H27NO3. The number of aliphatic hydroxyl groups is 1. The zero-order chi connectivity index (χ0) is 15.3. The molecule has 1 aliphatic heterocycles. The minimum Gasteiger partial charge on any atom is -0.394 e. The van der Waals surface area contributed by atoms with E-state index in [1.165, 1.54) is 17.5 Å². The van der Waals surface area contributed by atoms with Gasteiger partial charge in [0.05, 0.1) is 18.8 Å². The maximum absolute atomic E-state index is 10.0. The molecule has 122 valence electrons. The second-order valence-corrected chi connectivity index (χ2v) is 6.34. The third-order valence-electron chi connectivity index (χ3n) is 4.86. The molecule has 0 saturated carbocycles. The predicted molar refractivity (Wildman–Crippen MR) is 85.7 cm³/mol. The van der Waals surface area contributed by atoms with Crippen LogP contribution in [0, 0.1) is 0 Å². The Morgan fingerprint density at radius 2 is 2.18 bits per heavy atom. The Balaban J connectivity index is 1.55. The second kappa shape index (κ2) is 7.55. The van der Waals surface area contributed by atoms with Crippen molar-refractivity contribution in [2.45, 2.75) is 50.4 Å². The number of rotatable bonds is 6. The first-order chi connectivity index (χ1) is 10.8. The standard InChI is InChI=1S/C18H27NO3/c20-14-18(10-5-7-15-6-1-2-8-16(15)18)19-11-13-22-17-9-3-4-12-21-17/h1-2,6,8,17,19-20H,3-5,7,9-14H2/t17-,18-/m0/s1. The van der Waals surface area contributed by atoms with Crippen molar-refractivity contribution in [3.05, 3.63) is 35.4 Å². The molecule has 4 nitrogen and oxygen atoms in total. The molecule has 0 unspecified atom stereocenters. The van der Waals surface area contributed by atoms with E-state index in [4.69, 9.17) is 9.47 Å². The van der Waals surface area contributed by atoms with Gasteiger partial charge in [-0.2, -0.15) is 0 Å². The minimum absolute atomic E-state index is 0.0423. The molecule has 22 heavy (non-hydrogen) atoms. The molecule has 1 saturated heterocycles. The molecule has 1 aliphatic carbocycles. The lowest BCUT2D eigenvalue weighted by Gasteiger charge is -2.39. The number of ether oxygens (including phenoxy) is 2. The number of hydrogen-bond donors (Lipinski definition) is 2. The predicted octanol–water partition coefficient (Wildman–Crippen LogP) is 2.34. The first-order valence-electron chi connectivity index (χ1n) is 8.51. The Morgan fingerprint density at radius 1 is 1.27 bits per heavy atom. The summed E-state index contributed by atoms with van der Waals surface area (Å²) >= 11 is 0. The molecule has 0 spiro atoms. The minimum atomic E-state index is -0.314. The molecule has 0 radical (unpaired) electrons. The molecule has 3 rings (SSSR count). The van der Waals surface area contributed by atoms with Crippen molar-refractivity contribution >= 4 is 0 Å². The molecule has 2 N–H and O–H groups in total. The lowest BCUT2D eigenvalue weighted by Crippen LogP contribution is -2.49. The third-order valence-corrected chi connectivity index (χ3v) is 4.86. The largest absolute Gasteiger partial charge is 0.394 e. The van der Waals surface area contributed by atoms with Crippen LogP contribution in [0.3, 0.4) is 0 Å². The molecule has 1 heterocycles. The van der Waals surface area contributed by atoms with Crippen LogP contribution in [0.25, 0.3) is 0 Å². The zero-order valence-corrected chi connectivity index (χ0v) is 13.2. The molecule has 0 aromatic heterocycles. The highest BCUT2D eigenvalue weighted by atomic mass is 16.7. The first-order valence-corrected chi connectivity index (χ1v) is 8.51. The topological polar surface area (TPSA) is 50.7 Å². The molecule has 2 aliphatic rings. The Labute approximate surface area is 132 Å². The normalized spacial score (nSPS) is 28.3. The Morgan fingerprint density at radius 3 is 3.00 bits per heavy atom. The monoisotopic (exact) mass is 305 g/mol. The number of benzene rings is 1. The highest BCUT2D eigenvalue weighted by molar-refractivity contribution is 5.36. The Kier molecular flexibility index (Phi) is 5.47. The maximum atomic E-state index is 10.0. The molecule has 1 aromatic rings.